The second-order valence-corrected chi connectivity index (χ2v) is 6.33. The smallest absolute Gasteiger partial charge is 0.323 e. The van der Waals surface area contributed by atoms with Crippen LogP contribution in [0.2, 0.25) is 0 Å². The first kappa shape index (κ1) is 17.5. The monoisotopic (exact) mass is 277 g/mol. The van der Waals surface area contributed by atoms with Crippen molar-refractivity contribution in [3.8, 4) is 0 Å². The molecule has 0 saturated heterocycles. The molecule has 0 aliphatic rings. The van der Waals surface area contributed by atoms with Gasteiger partial charge in [0.05, 0.1) is 0 Å². The summed E-state index contributed by atoms with van der Waals surface area (Å²) in [7, 11) is -4.29. The van der Waals surface area contributed by atoms with E-state index >= 15 is 0 Å². The van der Waals surface area contributed by atoms with E-state index in [2.05, 4.69) is 11.9 Å². The number of isocyanates is 1. The van der Waals surface area contributed by atoms with Crippen molar-refractivity contribution in [3.63, 3.8) is 0 Å². The van der Waals surface area contributed by atoms with Gasteiger partial charge < -0.3 is 9.79 Å². The maximum atomic E-state index is 11.0. The SMILES string of the molecule is CCCCCCCCCCC(N=C=O)P(=O)(O)O. The highest BCUT2D eigenvalue weighted by molar-refractivity contribution is 7.52. The second kappa shape index (κ2) is 10.5. The lowest BCUT2D eigenvalue weighted by Gasteiger charge is -2.11. The zero-order valence-electron chi connectivity index (χ0n) is 11.0. The van der Waals surface area contributed by atoms with Crippen molar-refractivity contribution < 1.29 is 19.1 Å². The van der Waals surface area contributed by atoms with Gasteiger partial charge in [-0.1, -0.05) is 58.3 Å². The van der Waals surface area contributed by atoms with E-state index < -0.39 is 13.4 Å². The molecule has 0 aromatic heterocycles. The van der Waals surface area contributed by atoms with Crippen molar-refractivity contribution in [3.05, 3.63) is 0 Å². The fourth-order valence-electron chi connectivity index (χ4n) is 1.83. The third kappa shape index (κ3) is 9.55. The van der Waals surface area contributed by atoms with E-state index in [1.54, 1.807) is 0 Å². The van der Waals surface area contributed by atoms with Crippen LogP contribution in [0.1, 0.15) is 64.7 Å². The van der Waals surface area contributed by atoms with Crippen LogP contribution in [0, 0.1) is 0 Å². The number of aliphatic imine (C=N–C) groups is 1. The van der Waals surface area contributed by atoms with Gasteiger partial charge >= 0.3 is 7.60 Å². The molecule has 0 heterocycles. The highest BCUT2D eigenvalue weighted by Gasteiger charge is 2.27. The van der Waals surface area contributed by atoms with Gasteiger partial charge in [-0.3, -0.25) is 4.57 Å². The Morgan fingerprint density at radius 3 is 2.00 bits per heavy atom. The maximum absolute atomic E-state index is 11.0. The predicted octanol–water partition coefficient (Wildman–Crippen LogP) is 3.36. The van der Waals surface area contributed by atoms with Gasteiger partial charge in [0.1, 0.15) is 0 Å². The Labute approximate surface area is 109 Å². The summed E-state index contributed by atoms with van der Waals surface area (Å²) >= 11 is 0. The number of nitrogens with zero attached hydrogens (tertiary/aromatic N) is 1. The number of carbonyl (C=O) groups excluding carboxylic acids is 1. The van der Waals surface area contributed by atoms with Crippen molar-refractivity contribution >= 4 is 13.7 Å². The third-order valence-corrected chi connectivity index (χ3v) is 4.06. The maximum Gasteiger partial charge on any atom is 0.350 e. The summed E-state index contributed by atoms with van der Waals surface area (Å²) in [4.78, 5) is 31.1. The fourth-order valence-corrected chi connectivity index (χ4v) is 2.55. The first-order valence-electron chi connectivity index (χ1n) is 6.64. The summed E-state index contributed by atoms with van der Waals surface area (Å²) in [6, 6.07) is 0. The van der Waals surface area contributed by atoms with E-state index in [0.29, 0.717) is 6.42 Å². The predicted molar refractivity (Wildman–Crippen MR) is 71.2 cm³/mol. The number of hydrogen-bond donors (Lipinski definition) is 2. The van der Waals surface area contributed by atoms with Crippen molar-refractivity contribution in [2.45, 2.75) is 70.5 Å². The van der Waals surface area contributed by atoms with Gasteiger partial charge in [0.15, 0.2) is 5.78 Å². The second-order valence-electron chi connectivity index (χ2n) is 4.55. The number of hydrogen-bond acceptors (Lipinski definition) is 3. The lowest BCUT2D eigenvalue weighted by atomic mass is 10.1. The summed E-state index contributed by atoms with van der Waals surface area (Å²) < 4.78 is 11.0. The average Bonchev–Trinajstić information content (AvgIpc) is 2.30. The van der Waals surface area contributed by atoms with Crippen LogP contribution >= 0.6 is 7.60 Å². The Kier molecular flexibility index (Phi) is 10.2. The van der Waals surface area contributed by atoms with Crippen LogP contribution in [0.5, 0.6) is 0 Å². The van der Waals surface area contributed by atoms with E-state index in [1.807, 2.05) is 0 Å². The van der Waals surface area contributed by atoms with Crippen LogP contribution in [0.3, 0.4) is 0 Å². The van der Waals surface area contributed by atoms with Crippen molar-refractivity contribution in [1.82, 2.24) is 0 Å². The molecular weight excluding hydrogens is 253 g/mol. The molecule has 0 aliphatic carbocycles. The minimum absolute atomic E-state index is 0.258. The molecule has 0 bridgehead atoms. The molecule has 0 fully saturated rings. The fraction of sp³-hybridized carbons (Fsp3) is 0.917. The van der Waals surface area contributed by atoms with Crippen LogP contribution in [-0.4, -0.2) is 21.6 Å². The van der Waals surface area contributed by atoms with Crippen LogP contribution in [0.4, 0.5) is 0 Å². The minimum Gasteiger partial charge on any atom is -0.323 e. The molecule has 1 unspecified atom stereocenters. The Morgan fingerprint density at radius 2 is 1.56 bits per heavy atom. The summed E-state index contributed by atoms with van der Waals surface area (Å²) in [5.41, 5.74) is 0. The van der Waals surface area contributed by atoms with Gasteiger partial charge in [-0.15, -0.1) is 0 Å². The molecule has 0 rings (SSSR count). The van der Waals surface area contributed by atoms with Gasteiger partial charge in [-0.2, -0.15) is 4.99 Å². The molecule has 0 aliphatic heterocycles. The Bertz CT molecular complexity index is 296. The molecule has 0 aromatic rings. The molecule has 0 amide bonds. The molecule has 0 spiro atoms. The van der Waals surface area contributed by atoms with Crippen LogP contribution in [0.15, 0.2) is 4.99 Å². The van der Waals surface area contributed by atoms with E-state index in [-0.39, 0.29) is 6.42 Å². The van der Waals surface area contributed by atoms with Gasteiger partial charge in [-0.25, -0.2) is 4.79 Å². The lowest BCUT2D eigenvalue weighted by molar-refractivity contribution is 0.353. The molecule has 106 valence electrons. The Balaban J connectivity index is 3.63. The van der Waals surface area contributed by atoms with Crippen LogP contribution < -0.4 is 0 Å². The Morgan fingerprint density at radius 1 is 1.06 bits per heavy atom. The zero-order valence-corrected chi connectivity index (χ0v) is 11.9. The lowest BCUT2D eigenvalue weighted by Crippen LogP contribution is -2.04. The van der Waals surface area contributed by atoms with Gasteiger partial charge in [0.2, 0.25) is 6.08 Å². The largest absolute Gasteiger partial charge is 0.350 e. The topological polar surface area (TPSA) is 87.0 Å². The summed E-state index contributed by atoms with van der Waals surface area (Å²) in [5, 5.41) is 0. The molecule has 0 aromatic carbocycles. The first-order chi connectivity index (χ1) is 8.52. The highest BCUT2D eigenvalue weighted by Crippen LogP contribution is 2.44. The van der Waals surface area contributed by atoms with Crippen molar-refractivity contribution in [2.24, 2.45) is 4.99 Å². The molecule has 0 saturated carbocycles. The standard InChI is InChI=1S/C12H24NO4P/c1-2-3-4-5-6-7-8-9-10-12(13-11-14)18(15,16)17/h12H,2-10H2,1H3,(H2,15,16,17). The quantitative estimate of drug-likeness (QED) is 0.262. The van der Waals surface area contributed by atoms with Gasteiger partial charge in [0.25, 0.3) is 0 Å². The van der Waals surface area contributed by atoms with Crippen molar-refractivity contribution in [2.75, 3.05) is 0 Å². The molecule has 5 nitrogen and oxygen atoms in total. The average molecular weight is 277 g/mol. The number of unbranched alkanes of at least 4 members (excludes halogenated alkanes) is 7. The first-order valence-corrected chi connectivity index (χ1v) is 8.32. The highest BCUT2D eigenvalue weighted by atomic mass is 31.2. The van der Waals surface area contributed by atoms with E-state index in [1.165, 1.54) is 31.8 Å². The van der Waals surface area contributed by atoms with E-state index in [9.17, 15) is 9.36 Å². The van der Waals surface area contributed by atoms with E-state index in [0.717, 1.165) is 19.3 Å². The molecular formula is C12H24NO4P. The summed E-state index contributed by atoms with van der Waals surface area (Å²) in [6.45, 7) is 2.18. The third-order valence-electron chi connectivity index (χ3n) is 2.91. The molecule has 6 heteroatoms. The summed E-state index contributed by atoms with van der Waals surface area (Å²) in [5.74, 6) is -1.20. The van der Waals surface area contributed by atoms with Gasteiger partial charge in [0, 0.05) is 0 Å². The molecule has 0 radical (unpaired) electrons. The minimum atomic E-state index is -4.29. The zero-order chi connectivity index (χ0) is 13.9. The molecule has 2 N–H and O–H groups in total. The van der Waals surface area contributed by atoms with Crippen LogP contribution in [0.25, 0.3) is 0 Å². The Hall–Kier alpha value is -0.470. The molecule has 1 atom stereocenters. The van der Waals surface area contributed by atoms with Crippen molar-refractivity contribution in [1.29, 1.82) is 0 Å². The normalized spacial score (nSPS) is 13.1. The van der Waals surface area contributed by atoms with Crippen LogP contribution in [-0.2, 0) is 9.36 Å². The number of rotatable bonds is 11. The van der Waals surface area contributed by atoms with E-state index in [4.69, 9.17) is 9.79 Å². The summed E-state index contributed by atoms with van der Waals surface area (Å²) in [6.07, 6.45) is 10.3. The van der Waals surface area contributed by atoms with Gasteiger partial charge in [-0.05, 0) is 6.42 Å². The molecule has 18 heavy (non-hydrogen) atoms.